The molecular formula is C27H26N2O4S2. The number of carbonyl (C=O) groups is 1. The Kier molecular flexibility index (Phi) is 6.95. The van der Waals surface area contributed by atoms with Gasteiger partial charge in [0.25, 0.3) is 10.0 Å². The van der Waals surface area contributed by atoms with Gasteiger partial charge in [0.15, 0.2) is 0 Å². The van der Waals surface area contributed by atoms with Gasteiger partial charge in [-0.1, -0.05) is 60.7 Å². The number of benzene rings is 3. The fraction of sp³-hybridized carbons (Fsp3) is 0.222. The summed E-state index contributed by atoms with van der Waals surface area (Å²) in [7, 11) is -3.92. The van der Waals surface area contributed by atoms with Crippen LogP contribution in [0.3, 0.4) is 0 Å². The average molecular weight is 507 g/mol. The third-order valence-corrected chi connectivity index (χ3v) is 8.91. The molecule has 2 heterocycles. The van der Waals surface area contributed by atoms with E-state index in [-0.39, 0.29) is 11.0 Å². The first-order chi connectivity index (χ1) is 17.0. The molecule has 0 radical (unpaired) electrons. The highest BCUT2D eigenvalue weighted by molar-refractivity contribution is 7.98. The summed E-state index contributed by atoms with van der Waals surface area (Å²) in [6.07, 6.45) is 1.11. The van der Waals surface area contributed by atoms with Crippen molar-refractivity contribution in [2.45, 2.75) is 41.2 Å². The Labute approximate surface area is 209 Å². The van der Waals surface area contributed by atoms with Gasteiger partial charge >= 0.3 is 0 Å². The van der Waals surface area contributed by atoms with Crippen LogP contribution in [-0.4, -0.2) is 31.2 Å². The smallest absolute Gasteiger partial charge is 0.277 e. The van der Waals surface area contributed by atoms with Crippen molar-refractivity contribution in [2.24, 2.45) is 0 Å². The number of furan rings is 1. The van der Waals surface area contributed by atoms with Crippen LogP contribution < -0.4 is 5.32 Å². The van der Waals surface area contributed by atoms with E-state index < -0.39 is 16.1 Å². The Balaban J connectivity index is 1.23. The maximum absolute atomic E-state index is 13.3. The molecule has 1 fully saturated rings. The number of hydrogen-bond acceptors (Lipinski definition) is 5. The first kappa shape index (κ1) is 23.7. The summed E-state index contributed by atoms with van der Waals surface area (Å²) in [5, 5.41) is 3.53. The molecular weight excluding hydrogens is 480 g/mol. The van der Waals surface area contributed by atoms with Crippen molar-refractivity contribution >= 4 is 38.7 Å². The second kappa shape index (κ2) is 10.3. The van der Waals surface area contributed by atoms with Crippen LogP contribution in [0.4, 0.5) is 0 Å². The molecule has 1 aliphatic heterocycles. The van der Waals surface area contributed by atoms with Gasteiger partial charge in [-0.2, -0.15) is 4.31 Å². The van der Waals surface area contributed by atoms with Crippen LogP contribution in [-0.2, 0) is 27.1 Å². The molecule has 1 N–H and O–H groups in total. The molecule has 0 unspecified atom stereocenters. The average Bonchev–Trinajstić information content (AvgIpc) is 3.55. The molecule has 1 saturated heterocycles. The van der Waals surface area contributed by atoms with Gasteiger partial charge in [-0.3, -0.25) is 4.79 Å². The number of rotatable bonds is 8. The van der Waals surface area contributed by atoms with Gasteiger partial charge in [0, 0.05) is 35.2 Å². The molecule has 8 heteroatoms. The fourth-order valence-corrected chi connectivity index (χ4v) is 6.83. The zero-order valence-corrected chi connectivity index (χ0v) is 20.7. The first-order valence-electron chi connectivity index (χ1n) is 11.5. The summed E-state index contributed by atoms with van der Waals surface area (Å²) in [5.74, 6) is 0.581. The Hall–Kier alpha value is -3.07. The van der Waals surface area contributed by atoms with Gasteiger partial charge in [-0.15, -0.1) is 11.8 Å². The molecule has 180 valence electrons. The highest BCUT2D eigenvalue weighted by Crippen LogP contribution is 2.30. The molecule has 1 amide bonds. The van der Waals surface area contributed by atoms with Gasteiger partial charge < -0.3 is 9.73 Å². The normalized spacial score (nSPS) is 16.5. The molecule has 0 saturated carbocycles. The van der Waals surface area contributed by atoms with Crippen LogP contribution in [0, 0.1) is 0 Å². The van der Waals surface area contributed by atoms with Crippen LogP contribution in [0.2, 0.25) is 0 Å². The Morgan fingerprint density at radius 3 is 2.57 bits per heavy atom. The van der Waals surface area contributed by atoms with E-state index in [1.165, 1.54) is 15.9 Å². The number of nitrogens with zero attached hydrogens (tertiary/aromatic N) is 1. The highest BCUT2D eigenvalue weighted by atomic mass is 32.2. The highest BCUT2D eigenvalue weighted by Gasteiger charge is 2.41. The lowest BCUT2D eigenvalue weighted by Crippen LogP contribution is -2.45. The molecule has 1 atom stereocenters. The zero-order valence-electron chi connectivity index (χ0n) is 19.1. The number of hydrogen-bond donors (Lipinski definition) is 1. The fourth-order valence-electron chi connectivity index (χ4n) is 4.28. The number of carbonyl (C=O) groups excluding carboxylic acids is 1. The lowest BCUT2D eigenvalue weighted by atomic mass is 10.2. The molecule has 0 spiro atoms. The lowest BCUT2D eigenvalue weighted by molar-refractivity contribution is -0.124. The standard InChI is InChI=1S/C27H26N2O4S2/c30-27(28-18-21-10-6-12-23(16-21)34-19-20-8-2-1-3-9-20)24-13-7-15-29(24)35(31,32)26-17-22-11-4-5-14-25(22)33-26/h1-6,8-12,14,16-17,24H,7,13,15,18-19H2,(H,28,30)/t24-/m0/s1. The van der Waals surface area contributed by atoms with E-state index in [2.05, 4.69) is 29.6 Å². The Bertz CT molecular complexity index is 1400. The topological polar surface area (TPSA) is 79.6 Å². The molecule has 5 rings (SSSR count). The van der Waals surface area contributed by atoms with Crippen molar-refractivity contribution in [2.75, 3.05) is 6.54 Å². The van der Waals surface area contributed by atoms with E-state index in [1.54, 1.807) is 30.0 Å². The van der Waals surface area contributed by atoms with Crippen molar-refractivity contribution in [3.63, 3.8) is 0 Å². The maximum Gasteiger partial charge on any atom is 0.277 e. The molecule has 6 nitrogen and oxygen atoms in total. The maximum atomic E-state index is 13.3. The van der Waals surface area contributed by atoms with E-state index in [0.29, 0.717) is 31.5 Å². The molecule has 0 aliphatic carbocycles. The lowest BCUT2D eigenvalue weighted by Gasteiger charge is -2.22. The first-order valence-corrected chi connectivity index (χ1v) is 14.0. The number of amides is 1. The quantitative estimate of drug-likeness (QED) is 0.333. The van der Waals surface area contributed by atoms with Gasteiger partial charge in [0.1, 0.15) is 11.6 Å². The Morgan fingerprint density at radius 1 is 0.971 bits per heavy atom. The van der Waals surface area contributed by atoms with Crippen LogP contribution in [0.15, 0.2) is 99.3 Å². The summed E-state index contributed by atoms with van der Waals surface area (Å²) in [5.41, 5.74) is 2.74. The number of thioether (sulfide) groups is 1. The second-order valence-electron chi connectivity index (χ2n) is 8.52. The van der Waals surface area contributed by atoms with Gasteiger partial charge in [-0.25, -0.2) is 8.42 Å². The molecule has 1 aliphatic rings. The number of nitrogens with one attached hydrogen (secondary N) is 1. The molecule has 1 aromatic heterocycles. The van der Waals surface area contributed by atoms with Crippen molar-refractivity contribution in [1.29, 1.82) is 0 Å². The molecule has 3 aromatic carbocycles. The third kappa shape index (κ3) is 5.29. The predicted molar refractivity (Wildman–Crippen MR) is 137 cm³/mol. The van der Waals surface area contributed by atoms with Crippen molar-refractivity contribution in [1.82, 2.24) is 9.62 Å². The van der Waals surface area contributed by atoms with E-state index in [1.807, 2.05) is 36.4 Å². The predicted octanol–water partition coefficient (Wildman–Crippen LogP) is 5.19. The van der Waals surface area contributed by atoms with E-state index in [4.69, 9.17) is 4.42 Å². The van der Waals surface area contributed by atoms with Crippen LogP contribution >= 0.6 is 11.8 Å². The van der Waals surface area contributed by atoms with Gasteiger partial charge in [0.05, 0.1) is 0 Å². The summed E-state index contributed by atoms with van der Waals surface area (Å²) in [6, 6.07) is 26.3. The van der Waals surface area contributed by atoms with E-state index in [9.17, 15) is 13.2 Å². The molecule has 4 aromatic rings. The minimum Gasteiger partial charge on any atom is -0.443 e. The summed E-state index contributed by atoms with van der Waals surface area (Å²) >= 11 is 1.74. The van der Waals surface area contributed by atoms with Crippen LogP contribution in [0.1, 0.15) is 24.0 Å². The van der Waals surface area contributed by atoms with Gasteiger partial charge in [-0.05, 0) is 42.2 Å². The summed E-state index contributed by atoms with van der Waals surface area (Å²) in [6.45, 7) is 0.636. The monoisotopic (exact) mass is 506 g/mol. The van der Waals surface area contributed by atoms with Crippen molar-refractivity contribution in [3.8, 4) is 0 Å². The van der Waals surface area contributed by atoms with Crippen molar-refractivity contribution < 1.29 is 17.6 Å². The zero-order chi connectivity index (χ0) is 24.3. The van der Waals surface area contributed by atoms with Crippen molar-refractivity contribution in [3.05, 3.63) is 96.1 Å². The Morgan fingerprint density at radius 2 is 1.74 bits per heavy atom. The SMILES string of the molecule is O=C(NCc1cccc(SCc2ccccc2)c1)[C@@H]1CCCN1S(=O)(=O)c1cc2ccccc2o1. The number of para-hydroxylation sites is 1. The second-order valence-corrected chi connectivity index (χ2v) is 11.4. The third-order valence-electron chi connectivity index (χ3n) is 6.09. The van der Waals surface area contributed by atoms with Gasteiger partial charge in [0.2, 0.25) is 11.0 Å². The summed E-state index contributed by atoms with van der Waals surface area (Å²) < 4.78 is 33.4. The minimum atomic E-state index is -3.92. The van der Waals surface area contributed by atoms with Crippen LogP contribution in [0.5, 0.6) is 0 Å². The summed E-state index contributed by atoms with van der Waals surface area (Å²) in [4.78, 5) is 14.1. The number of fused-ring (bicyclic) bond motifs is 1. The van der Waals surface area contributed by atoms with E-state index >= 15 is 0 Å². The minimum absolute atomic E-state index is 0.124. The number of sulfonamides is 1. The van der Waals surface area contributed by atoms with Crippen LogP contribution in [0.25, 0.3) is 11.0 Å². The molecule has 35 heavy (non-hydrogen) atoms. The van der Waals surface area contributed by atoms with E-state index in [0.717, 1.165) is 21.6 Å². The largest absolute Gasteiger partial charge is 0.443 e. The molecule has 0 bridgehead atoms.